The quantitative estimate of drug-likeness (QED) is 0.169. The first-order valence-electron chi connectivity index (χ1n) is 9.77. The van der Waals surface area contributed by atoms with Gasteiger partial charge in [-0.1, -0.05) is 0 Å². The number of hydrogen-bond acceptors (Lipinski definition) is 2. The van der Waals surface area contributed by atoms with E-state index in [1.807, 2.05) is 0 Å². The molecule has 0 aliphatic rings. The Labute approximate surface area is 170 Å². The number of carbonyl (C=O) groups excluding carboxylic acids is 1. The SMILES string of the molecule is CCC[CH2][Sn]([CH2]CCC)([CH2]CCC)[O]C(=O)C/C(I)=C/[Si](C)(C)C. The summed E-state index contributed by atoms with van der Waals surface area (Å²) >= 11 is -0.442. The molecule has 0 heterocycles. The van der Waals surface area contributed by atoms with Crippen molar-refractivity contribution in [3.8, 4) is 0 Å². The minimum atomic E-state index is -2.78. The van der Waals surface area contributed by atoms with Crippen LogP contribution in [0.5, 0.6) is 0 Å². The summed E-state index contributed by atoms with van der Waals surface area (Å²) in [6, 6.07) is 0. The van der Waals surface area contributed by atoms with E-state index in [1.54, 1.807) is 0 Å². The molecule has 0 N–H and O–H groups in total. The van der Waals surface area contributed by atoms with Crippen molar-refractivity contribution in [2.45, 2.75) is 98.7 Å². The van der Waals surface area contributed by atoms with E-state index in [2.05, 4.69) is 68.7 Å². The van der Waals surface area contributed by atoms with Crippen LogP contribution < -0.4 is 0 Å². The first-order valence-corrected chi connectivity index (χ1v) is 21.6. The van der Waals surface area contributed by atoms with Crippen molar-refractivity contribution in [3.05, 3.63) is 9.28 Å². The molecule has 142 valence electrons. The van der Waals surface area contributed by atoms with Crippen molar-refractivity contribution in [1.29, 1.82) is 0 Å². The summed E-state index contributed by atoms with van der Waals surface area (Å²) in [4.78, 5) is 12.6. The molecular weight excluding hydrogens is 534 g/mol. The standard InChI is InChI=1S/C7H13IO2Si.3C4H9.Sn/c1-11(2,3)5-6(8)4-7(9)10;3*1-3-4-2;/h5H,4H2,1-3H3,(H,9,10);3*1,3-4H2,2H3;/q;;;;+1/p-1/b6-5-;;;;. The fourth-order valence-electron chi connectivity index (χ4n) is 2.96. The van der Waals surface area contributed by atoms with E-state index in [0.29, 0.717) is 6.42 Å². The number of halogens is 1. The van der Waals surface area contributed by atoms with Crippen molar-refractivity contribution in [3.63, 3.8) is 0 Å². The second-order valence-corrected chi connectivity index (χ2v) is 26.1. The van der Waals surface area contributed by atoms with E-state index < -0.39 is 26.9 Å². The van der Waals surface area contributed by atoms with Crippen molar-refractivity contribution in [2.24, 2.45) is 0 Å². The zero-order valence-corrected chi connectivity index (χ0v) is 22.9. The molecule has 0 fully saturated rings. The van der Waals surface area contributed by atoms with Gasteiger partial charge in [0, 0.05) is 0 Å². The third kappa shape index (κ3) is 12.3. The Morgan fingerprint density at radius 1 is 0.958 bits per heavy atom. The zero-order valence-electron chi connectivity index (χ0n) is 16.8. The predicted octanol–water partition coefficient (Wildman–Crippen LogP) is 7.46. The molecule has 2 nitrogen and oxygen atoms in total. The Hall–Kier alpha value is 0.956. The Morgan fingerprint density at radius 2 is 1.38 bits per heavy atom. The number of carbonyl (C=O) groups is 1. The van der Waals surface area contributed by atoms with Gasteiger partial charge < -0.3 is 0 Å². The Morgan fingerprint density at radius 3 is 1.71 bits per heavy atom. The van der Waals surface area contributed by atoms with Gasteiger partial charge in [0.1, 0.15) is 0 Å². The fourth-order valence-corrected chi connectivity index (χ4v) is 20.3. The van der Waals surface area contributed by atoms with Gasteiger partial charge in [-0.3, -0.25) is 0 Å². The van der Waals surface area contributed by atoms with Gasteiger partial charge in [-0.2, -0.15) is 0 Å². The molecule has 0 aromatic heterocycles. The fraction of sp³-hybridized carbons (Fsp3) is 0.842. The first-order chi connectivity index (χ1) is 11.2. The molecule has 0 aliphatic heterocycles. The van der Waals surface area contributed by atoms with E-state index in [1.165, 1.54) is 55.4 Å². The summed E-state index contributed by atoms with van der Waals surface area (Å²) in [5.41, 5.74) is 2.33. The van der Waals surface area contributed by atoms with Gasteiger partial charge in [-0.25, -0.2) is 0 Å². The maximum absolute atomic E-state index is 12.6. The van der Waals surface area contributed by atoms with Crippen molar-refractivity contribution in [1.82, 2.24) is 0 Å². The molecule has 0 aromatic rings. The summed E-state index contributed by atoms with van der Waals surface area (Å²) in [5.74, 6) is 0.0630. The van der Waals surface area contributed by atoms with Crippen molar-refractivity contribution >= 4 is 55.4 Å². The average molecular weight is 573 g/mol. The summed E-state index contributed by atoms with van der Waals surface area (Å²) in [6.07, 6.45) is 7.83. The average Bonchev–Trinajstić information content (AvgIpc) is 2.46. The summed E-state index contributed by atoms with van der Waals surface area (Å²) < 4.78 is 11.2. The van der Waals surface area contributed by atoms with Crippen LogP contribution in [0.25, 0.3) is 0 Å². The van der Waals surface area contributed by atoms with Crippen LogP contribution in [0.2, 0.25) is 33.0 Å². The van der Waals surface area contributed by atoms with Crippen LogP contribution in [-0.2, 0) is 7.87 Å². The van der Waals surface area contributed by atoms with E-state index in [4.69, 9.17) is 3.07 Å². The van der Waals surface area contributed by atoms with Crippen LogP contribution in [0.1, 0.15) is 65.7 Å². The van der Waals surface area contributed by atoms with Crippen LogP contribution in [0.3, 0.4) is 0 Å². The molecule has 5 heteroatoms. The molecule has 0 unspecified atom stereocenters. The number of rotatable bonds is 13. The van der Waals surface area contributed by atoms with E-state index in [-0.39, 0.29) is 5.97 Å². The van der Waals surface area contributed by atoms with Crippen molar-refractivity contribution < 1.29 is 7.87 Å². The summed E-state index contributed by atoms with van der Waals surface area (Å²) in [7, 11) is -1.27. The summed E-state index contributed by atoms with van der Waals surface area (Å²) in [6.45, 7) is 13.7. The molecule has 0 aromatic carbocycles. The number of unbranched alkanes of at least 4 members (excludes halogenated alkanes) is 3. The van der Waals surface area contributed by atoms with Gasteiger partial charge in [0.2, 0.25) is 0 Å². The normalized spacial score (nSPS) is 13.2. The molecule has 0 saturated heterocycles. The molecule has 0 spiro atoms. The molecular formula is C19H39IO2SiSn. The molecule has 0 saturated carbocycles. The van der Waals surface area contributed by atoms with Crippen LogP contribution in [0.15, 0.2) is 9.28 Å². The maximum atomic E-state index is 12.6. The van der Waals surface area contributed by atoms with Crippen molar-refractivity contribution in [2.75, 3.05) is 0 Å². The Balaban J connectivity index is 5.04. The first kappa shape index (κ1) is 25.0. The van der Waals surface area contributed by atoms with Gasteiger partial charge >= 0.3 is 171 Å². The van der Waals surface area contributed by atoms with Crippen LogP contribution >= 0.6 is 22.6 Å². The molecule has 0 rings (SSSR count). The molecule has 0 bridgehead atoms. The second-order valence-electron chi connectivity index (χ2n) is 8.10. The minimum absolute atomic E-state index is 0.0630. The van der Waals surface area contributed by atoms with Gasteiger partial charge in [-0.05, 0) is 0 Å². The van der Waals surface area contributed by atoms with Gasteiger partial charge in [0.15, 0.2) is 0 Å². The Bertz CT molecular complexity index is 370. The van der Waals surface area contributed by atoms with E-state index in [0.717, 1.165) is 0 Å². The van der Waals surface area contributed by atoms with Crippen LogP contribution in [-0.4, -0.2) is 32.8 Å². The molecule has 24 heavy (non-hydrogen) atoms. The molecule has 0 atom stereocenters. The second kappa shape index (κ2) is 13.2. The topological polar surface area (TPSA) is 26.3 Å². The van der Waals surface area contributed by atoms with E-state index in [9.17, 15) is 4.79 Å². The molecule has 0 amide bonds. The summed E-state index contributed by atoms with van der Waals surface area (Å²) in [5, 5.41) is 0. The van der Waals surface area contributed by atoms with Gasteiger partial charge in [0.05, 0.1) is 0 Å². The van der Waals surface area contributed by atoms with Gasteiger partial charge in [-0.15, -0.1) is 0 Å². The third-order valence-corrected chi connectivity index (χ3v) is 19.4. The third-order valence-electron chi connectivity index (χ3n) is 4.19. The zero-order chi connectivity index (χ0) is 18.6. The van der Waals surface area contributed by atoms with Crippen LogP contribution in [0.4, 0.5) is 0 Å². The molecule has 0 radical (unpaired) electrons. The molecule has 0 aliphatic carbocycles. The predicted molar refractivity (Wildman–Crippen MR) is 121 cm³/mol. The van der Waals surface area contributed by atoms with E-state index >= 15 is 0 Å². The van der Waals surface area contributed by atoms with Crippen LogP contribution in [0, 0.1) is 0 Å². The monoisotopic (exact) mass is 574 g/mol. The number of hydrogen-bond donors (Lipinski definition) is 0. The Kier molecular flexibility index (Phi) is 13.7. The van der Waals surface area contributed by atoms with Gasteiger partial charge in [0.25, 0.3) is 0 Å².